The molecule has 4 heteroatoms. The maximum atomic E-state index is 5.19. The molecule has 4 nitrogen and oxygen atoms in total. The summed E-state index contributed by atoms with van der Waals surface area (Å²) in [6.45, 7) is 0. The van der Waals surface area contributed by atoms with Crippen molar-refractivity contribution in [3.05, 3.63) is 24.4 Å². The molecule has 0 atom stereocenters. The zero-order valence-electron chi connectivity index (χ0n) is 11.2. The van der Waals surface area contributed by atoms with E-state index in [4.69, 9.17) is 4.74 Å². The summed E-state index contributed by atoms with van der Waals surface area (Å²) < 4.78 is 5.19. The van der Waals surface area contributed by atoms with Crippen LogP contribution >= 0.6 is 0 Å². The van der Waals surface area contributed by atoms with Crippen LogP contribution < -0.4 is 10.1 Å². The van der Waals surface area contributed by atoms with Crippen LogP contribution in [-0.2, 0) is 0 Å². The number of anilines is 1. The predicted octanol–water partition coefficient (Wildman–Crippen LogP) is 3.38. The van der Waals surface area contributed by atoms with Gasteiger partial charge in [0.1, 0.15) is 11.6 Å². The van der Waals surface area contributed by atoms with E-state index in [1.165, 1.54) is 32.1 Å². The van der Waals surface area contributed by atoms with E-state index in [1.807, 2.05) is 24.4 Å². The van der Waals surface area contributed by atoms with Crippen LogP contribution in [0.4, 0.5) is 5.82 Å². The maximum Gasteiger partial charge on any atom is 0.145 e. The Balaban J connectivity index is 1.80. The molecule has 0 saturated heterocycles. The van der Waals surface area contributed by atoms with Gasteiger partial charge in [-0.2, -0.15) is 0 Å². The highest BCUT2D eigenvalue weighted by Gasteiger charge is 2.13. The molecule has 0 bridgehead atoms. The molecule has 1 fully saturated rings. The number of benzene rings is 1. The molecule has 0 radical (unpaired) electrons. The van der Waals surface area contributed by atoms with Crippen LogP contribution in [0.2, 0.25) is 0 Å². The van der Waals surface area contributed by atoms with Gasteiger partial charge in [-0.25, -0.2) is 4.98 Å². The third-order valence-electron chi connectivity index (χ3n) is 3.71. The molecule has 0 spiro atoms. The SMILES string of the molecule is COc1ccc2nc(NC3CCCCC3)cnc2c1. The lowest BCUT2D eigenvalue weighted by Gasteiger charge is -2.23. The molecule has 3 rings (SSSR count). The number of ether oxygens (including phenoxy) is 1. The predicted molar refractivity (Wildman–Crippen MR) is 76.6 cm³/mol. The smallest absolute Gasteiger partial charge is 0.145 e. The Kier molecular flexibility index (Phi) is 3.49. The molecule has 100 valence electrons. The Bertz CT molecular complexity index is 564. The van der Waals surface area contributed by atoms with Crippen molar-refractivity contribution in [2.45, 2.75) is 38.1 Å². The first kappa shape index (κ1) is 12.2. The van der Waals surface area contributed by atoms with E-state index in [0.717, 1.165) is 22.6 Å². The van der Waals surface area contributed by atoms with Gasteiger partial charge >= 0.3 is 0 Å². The van der Waals surface area contributed by atoms with Crippen LogP contribution in [0, 0.1) is 0 Å². The van der Waals surface area contributed by atoms with Crippen molar-refractivity contribution in [2.75, 3.05) is 12.4 Å². The molecule has 1 aromatic carbocycles. The number of nitrogens with zero attached hydrogens (tertiary/aromatic N) is 2. The number of methoxy groups -OCH3 is 1. The van der Waals surface area contributed by atoms with Crippen molar-refractivity contribution in [2.24, 2.45) is 0 Å². The summed E-state index contributed by atoms with van der Waals surface area (Å²) in [5.74, 6) is 1.69. The molecule has 19 heavy (non-hydrogen) atoms. The van der Waals surface area contributed by atoms with E-state index in [-0.39, 0.29) is 0 Å². The molecule has 1 aliphatic carbocycles. The number of rotatable bonds is 3. The van der Waals surface area contributed by atoms with Crippen LogP contribution in [0.3, 0.4) is 0 Å². The lowest BCUT2D eigenvalue weighted by atomic mass is 9.95. The fourth-order valence-corrected chi connectivity index (χ4v) is 2.64. The summed E-state index contributed by atoms with van der Waals surface area (Å²) >= 11 is 0. The largest absolute Gasteiger partial charge is 0.497 e. The van der Waals surface area contributed by atoms with Gasteiger partial charge in [-0.05, 0) is 25.0 Å². The Hall–Kier alpha value is -1.84. The van der Waals surface area contributed by atoms with Crippen LogP contribution in [0.15, 0.2) is 24.4 Å². The third-order valence-corrected chi connectivity index (χ3v) is 3.71. The van der Waals surface area contributed by atoms with Crippen LogP contribution in [0.1, 0.15) is 32.1 Å². The van der Waals surface area contributed by atoms with Gasteiger partial charge in [0.25, 0.3) is 0 Å². The minimum Gasteiger partial charge on any atom is -0.497 e. The van der Waals surface area contributed by atoms with Crippen LogP contribution in [-0.4, -0.2) is 23.1 Å². The molecule has 1 saturated carbocycles. The first-order chi connectivity index (χ1) is 9.35. The van der Waals surface area contributed by atoms with E-state index in [9.17, 15) is 0 Å². The van der Waals surface area contributed by atoms with Gasteiger partial charge in [0.2, 0.25) is 0 Å². The Morgan fingerprint density at radius 3 is 2.79 bits per heavy atom. The van der Waals surface area contributed by atoms with Gasteiger partial charge in [0.05, 0.1) is 24.3 Å². The molecular weight excluding hydrogens is 238 g/mol. The molecule has 1 aromatic heterocycles. The summed E-state index contributed by atoms with van der Waals surface area (Å²) in [6.07, 6.45) is 8.29. The van der Waals surface area contributed by atoms with Crippen molar-refractivity contribution >= 4 is 16.9 Å². The molecular formula is C15H19N3O. The summed E-state index contributed by atoms with van der Waals surface area (Å²) in [5, 5.41) is 3.50. The second kappa shape index (κ2) is 5.43. The van der Waals surface area contributed by atoms with Gasteiger partial charge in [0.15, 0.2) is 0 Å². The molecule has 1 aliphatic rings. The van der Waals surface area contributed by atoms with E-state index in [2.05, 4.69) is 15.3 Å². The number of fused-ring (bicyclic) bond motifs is 1. The Labute approximate surface area is 113 Å². The first-order valence-electron chi connectivity index (χ1n) is 6.92. The van der Waals surface area contributed by atoms with Gasteiger partial charge < -0.3 is 10.1 Å². The van der Waals surface area contributed by atoms with Crippen LogP contribution in [0.5, 0.6) is 5.75 Å². The number of hydrogen-bond donors (Lipinski definition) is 1. The Morgan fingerprint density at radius 2 is 2.00 bits per heavy atom. The standard InChI is InChI=1S/C15H19N3O/c1-19-12-7-8-13-14(9-12)16-10-15(18-13)17-11-5-3-2-4-6-11/h7-11H,2-6H2,1H3,(H,17,18). The number of nitrogens with one attached hydrogen (secondary N) is 1. The van der Waals surface area contributed by atoms with Gasteiger partial charge in [0, 0.05) is 12.1 Å². The second-order valence-corrected chi connectivity index (χ2v) is 5.09. The molecule has 2 aromatic rings. The monoisotopic (exact) mass is 257 g/mol. The van der Waals surface area contributed by atoms with Crippen molar-refractivity contribution in [1.29, 1.82) is 0 Å². The average molecular weight is 257 g/mol. The fraction of sp³-hybridized carbons (Fsp3) is 0.467. The highest BCUT2D eigenvalue weighted by atomic mass is 16.5. The molecule has 1 N–H and O–H groups in total. The summed E-state index contributed by atoms with van der Waals surface area (Å²) in [7, 11) is 1.66. The summed E-state index contributed by atoms with van der Waals surface area (Å²) in [5.41, 5.74) is 1.77. The average Bonchev–Trinajstić information content (AvgIpc) is 2.48. The van der Waals surface area contributed by atoms with Gasteiger partial charge in [-0.15, -0.1) is 0 Å². The normalized spacial score (nSPS) is 16.5. The summed E-state index contributed by atoms with van der Waals surface area (Å²) in [6, 6.07) is 6.33. The quantitative estimate of drug-likeness (QED) is 0.915. The minimum absolute atomic E-state index is 0.554. The number of aromatic nitrogens is 2. The Morgan fingerprint density at radius 1 is 1.16 bits per heavy atom. The van der Waals surface area contributed by atoms with E-state index < -0.39 is 0 Å². The highest BCUT2D eigenvalue weighted by Crippen LogP contribution is 2.22. The zero-order valence-corrected chi connectivity index (χ0v) is 11.2. The number of hydrogen-bond acceptors (Lipinski definition) is 4. The topological polar surface area (TPSA) is 47.0 Å². The lowest BCUT2D eigenvalue weighted by molar-refractivity contribution is 0.415. The summed E-state index contributed by atoms with van der Waals surface area (Å²) in [4.78, 5) is 9.07. The van der Waals surface area contributed by atoms with Crippen molar-refractivity contribution in [3.8, 4) is 5.75 Å². The fourth-order valence-electron chi connectivity index (χ4n) is 2.64. The maximum absolute atomic E-state index is 5.19. The van der Waals surface area contributed by atoms with Crippen LogP contribution in [0.25, 0.3) is 11.0 Å². The van der Waals surface area contributed by atoms with Gasteiger partial charge in [-0.3, -0.25) is 4.98 Å². The van der Waals surface area contributed by atoms with Crippen molar-refractivity contribution < 1.29 is 4.74 Å². The molecule has 0 amide bonds. The zero-order chi connectivity index (χ0) is 13.1. The van der Waals surface area contributed by atoms with Gasteiger partial charge in [-0.1, -0.05) is 19.3 Å². The molecule has 0 aliphatic heterocycles. The lowest BCUT2D eigenvalue weighted by Crippen LogP contribution is -2.22. The van der Waals surface area contributed by atoms with E-state index >= 15 is 0 Å². The van der Waals surface area contributed by atoms with E-state index in [1.54, 1.807) is 7.11 Å². The van der Waals surface area contributed by atoms with Crippen molar-refractivity contribution in [1.82, 2.24) is 9.97 Å². The highest BCUT2D eigenvalue weighted by molar-refractivity contribution is 5.77. The van der Waals surface area contributed by atoms with Crippen molar-refractivity contribution in [3.63, 3.8) is 0 Å². The van der Waals surface area contributed by atoms with E-state index in [0.29, 0.717) is 6.04 Å². The molecule has 0 unspecified atom stereocenters. The third kappa shape index (κ3) is 2.78. The minimum atomic E-state index is 0.554. The molecule has 1 heterocycles. The second-order valence-electron chi connectivity index (χ2n) is 5.09. The first-order valence-corrected chi connectivity index (χ1v) is 6.92.